The van der Waals surface area contributed by atoms with Gasteiger partial charge in [0.25, 0.3) is 0 Å². The summed E-state index contributed by atoms with van der Waals surface area (Å²) in [6.45, 7) is 2.23. The molecule has 0 atom stereocenters. The number of nitrogens with zero attached hydrogens (tertiary/aromatic N) is 1. The molecule has 0 aliphatic rings. The van der Waals surface area contributed by atoms with E-state index in [2.05, 4.69) is 72.5 Å². The molecular weight excluding hydrogens is 306 g/mol. The number of unbranched alkanes of at least 4 members (excludes halogenated alkanes) is 1. The lowest BCUT2D eigenvalue weighted by atomic mass is 10.1. The van der Waals surface area contributed by atoms with Crippen molar-refractivity contribution in [3.63, 3.8) is 0 Å². The van der Waals surface area contributed by atoms with Gasteiger partial charge in [-0.1, -0.05) is 43.7 Å². The minimum absolute atomic E-state index is 0.867. The van der Waals surface area contributed by atoms with E-state index in [-0.39, 0.29) is 0 Å². The van der Waals surface area contributed by atoms with Crippen LogP contribution >= 0.6 is 0 Å². The van der Waals surface area contributed by atoms with Crippen LogP contribution in [-0.4, -0.2) is 7.11 Å². The fourth-order valence-electron chi connectivity index (χ4n) is 2.95. The van der Waals surface area contributed by atoms with E-state index in [9.17, 15) is 0 Å². The van der Waals surface area contributed by atoms with Gasteiger partial charge in [0.15, 0.2) is 0 Å². The van der Waals surface area contributed by atoms with Gasteiger partial charge in [0, 0.05) is 17.1 Å². The smallest absolute Gasteiger partial charge is 0.119 e. The van der Waals surface area contributed by atoms with Gasteiger partial charge >= 0.3 is 0 Å². The van der Waals surface area contributed by atoms with Crippen LogP contribution in [0.5, 0.6) is 5.75 Å². The molecule has 0 aliphatic carbocycles. The van der Waals surface area contributed by atoms with Gasteiger partial charge in [-0.05, 0) is 66.9 Å². The Bertz CT molecular complexity index is 763. The van der Waals surface area contributed by atoms with Gasteiger partial charge in [0.1, 0.15) is 5.75 Å². The van der Waals surface area contributed by atoms with Crippen LogP contribution in [0, 0.1) is 0 Å². The van der Waals surface area contributed by atoms with Crippen molar-refractivity contribution in [1.82, 2.24) is 0 Å². The number of anilines is 3. The molecule has 0 bridgehead atoms. The zero-order valence-electron chi connectivity index (χ0n) is 15.0. The van der Waals surface area contributed by atoms with Crippen molar-refractivity contribution >= 4 is 17.1 Å². The van der Waals surface area contributed by atoms with E-state index in [0.29, 0.717) is 0 Å². The first-order chi connectivity index (χ1) is 12.3. The molecule has 0 N–H and O–H groups in total. The zero-order valence-corrected chi connectivity index (χ0v) is 15.0. The van der Waals surface area contributed by atoms with E-state index in [1.54, 1.807) is 7.11 Å². The summed E-state index contributed by atoms with van der Waals surface area (Å²) in [5.74, 6) is 0.867. The zero-order chi connectivity index (χ0) is 17.5. The number of ether oxygens (including phenoxy) is 1. The van der Waals surface area contributed by atoms with Crippen molar-refractivity contribution < 1.29 is 4.74 Å². The van der Waals surface area contributed by atoms with E-state index < -0.39 is 0 Å². The molecule has 0 amide bonds. The van der Waals surface area contributed by atoms with E-state index >= 15 is 0 Å². The Morgan fingerprint density at radius 3 is 1.84 bits per heavy atom. The number of para-hydroxylation sites is 1. The van der Waals surface area contributed by atoms with Gasteiger partial charge in [-0.15, -0.1) is 0 Å². The topological polar surface area (TPSA) is 12.5 Å². The summed E-state index contributed by atoms with van der Waals surface area (Å²) in [6.07, 6.45) is 3.61. The van der Waals surface area contributed by atoms with Crippen molar-refractivity contribution in [3.8, 4) is 5.75 Å². The standard InChI is InChI=1S/C23H25NO/c1-3-4-8-19-11-13-21(14-12-19)24(20-9-6-5-7-10-20)22-15-17-23(25-2)18-16-22/h5-7,9-18H,3-4,8H2,1-2H3. The van der Waals surface area contributed by atoms with Crippen LogP contribution in [0.2, 0.25) is 0 Å². The highest BCUT2D eigenvalue weighted by Gasteiger charge is 2.12. The molecule has 0 heterocycles. The Morgan fingerprint density at radius 1 is 0.720 bits per heavy atom. The van der Waals surface area contributed by atoms with E-state index in [0.717, 1.165) is 29.2 Å². The average molecular weight is 331 g/mol. The highest BCUT2D eigenvalue weighted by Crippen LogP contribution is 2.35. The van der Waals surface area contributed by atoms with Gasteiger partial charge in [0.05, 0.1) is 7.11 Å². The Balaban J connectivity index is 1.96. The fourth-order valence-corrected chi connectivity index (χ4v) is 2.95. The lowest BCUT2D eigenvalue weighted by molar-refractivity contribution is 0.415. The van der Waals surface area contributed by atoms with Crippen molar-refractivity contribution in [1.29, 1.82) is 0 Å². The van der Waals surface area contributed by atoms with Crippen molar-refractivity contribution in [3.05, 3.63) is 84.4 Å². The summed E-state index contributed by atoms with van der Waals surface area (Å²) in [5, 5.41) is 0. The van der Waals surface area contributed by atoms with E-state index in [1.807, 2.05) is 18.2 Å². The summed E-state index contributed by atoms with van der Waals surface area (Å²) in [5.41, 5.74) is 4.83. The number of benzene rings is 3. The summed E-state index contributed by atoms with van der Waals surface area (Å²) >= 11 is 0. The molecule has 0 spiro atoms. The molecule has 0 aliphatic heterocycles. The average Bonchev–Trinajstić information content (AvgIpc) is 2.69. The minimum Gasteiger partial charge on any atom is -0.497 e. The Kier molecular flexibility index (Phi) is 5.73. The molecule has 128 valence electrons. The molecular formula is C23H25NO. The van der Waals surface area contributed by atoms with Crippen molar-refractivity contribution in [2.45, 2.75) is 26.2 Å². The highest BCUT2D eigenvalue weighted by molar-refractivity contribution is 5.76. The molecule has 3 rings (SSSR count). The van der Waals surface area contributed by atoms with Crippen LogP contribution < -0.4 is 9.64 Å². The predicted octanol–water partition coefficient (Wildman–Crippen LogP) is 6.51. The molecule has 0 aromatic heterocycles. The first-order valence-electron chi connectivity index (χ1n) is 8.90. The first kappa shape index (κ1) is 17.1. The number of hydrogen-bond acceptors (Lipinski definition) is 2. The Labute approximate surface area is 150 Å². The number of hydrogen-bond donors (Lipinski definition) is 0. The van der Waals surface area contributed by atoms with Crippen LogP contribution in [-0.2, 0) is 6.42 Å². The number of aryl methyl sites for hydroxylation is 1. The van der Waals surface area contributed by atoms with Gasteiger partial charge < -0.3 is 9.64 Å². The van der Waals surface area contributed by atoms with Crippen molar-refractivity contribution in [2.24, 2.45) is 0 Å². The van der Waals surface area contributed by atoms with Crippen molar-refractivity contribution in [2.75, 3.05) is 12.0 Å². The van der Waals surface area contributed by atoms with E-state index in [1.165, 1.54) is 18.4 Å². The van der Waals surface area contributed by atoms with Crippen LogP contribution in [0.4, 0.5) is 17.1 Å². The van der Waals surface area contributed by atoms with Gasteiger partial charge in [-0.3, -0.25) is 0 Å². The first-order valence-corrected chi connectivity index (χ1v) is 8.90. The molecule has 2 heteroatoms. The van der Waals surface area contributed by atoms with Crippen LogP contribution in [0.1, 0.15) is 25.3 Å². The summed E-state index contributed by atoms with van der Waals surface area (Å²) in [6, 6.07) is 27.5. The number of methoxy groups -OCH3 is 1. The monoisotopic (exact) mass is 331 g/mol. The molecule has 3 aromatic carbocycles. The molecule has 25 heavy (non-hydrogen) atoms. The summed E-state index contributed by atoms with van der Waals surface area (Å²) in [4.78, 5) is 2.27. The molecule has 0 unspecified atom stereocenters. The summed E-state index contributed by atoms with van der Waals surface area (Å²) in [7, 11) is 1.69. The Morgan fingerprint density at radius 2 is 1.28 bits per heavy atom. The normalized spacial score (nSPS) is 10.5. The number of rotatable bonds is 7. The molecule has 3 aromatic rings. The predicted molar refractivity (Wildman–Crippen MR) is 106 cm³/mol. The second kappa shape index (κ2) is 8.39. The van der Waals surface area contributed by atoms with Crippen LogP contribution in [0.25, 0.3) is 0 Å². The Hall–Kier alpha value is -2.74. The third kappa shape index (κ3) is 4.21. The molecule has 0 saturated carbocycles. The summed E-state index contributed by atoms with van der Waals surface area (Å²) < 4.78 is 5.30. The van der Waals surface area contributed by atoms with Gasteiger partial charge in [0.2, 0.25) is 0 Å². The highest BCUT2D eigenvalue weighted by atomic mass is 16.5. The van der Waals surface area contributed by atoms with E-state index in [4.69, 9.17) is 4.74 Å². The SMILES string of the molecule is CCCCc1ccc(N(c2ccccc2)c2ccc(OC)cc2)cc1. The minimum atomic E-state index is 0.867. The maximum atomic E-state index is 5.30. The third-order valence-electron chi connectivity index (χ3n) is 4.36. The second-order valence-electron chi connectivity index (χ2n) is 6.14. The molecule has 0 radical (unpaired) electrons. The van der Waals surface area contributed by atoms with Crippen LogP contribution in [0.15, 0.2) is 78.9 Å². The fraction of sp³-hybridized carbons (Fsp3) is 0.217. The molecule has 0 fully saturated rings. The lowest BCUT2D eigenvalue weighted by Crippen LogP contribution is -2.09. The lowest BCUT2D eigenvalue weighted by Gasteiger charge is -2.25. The van der Waals surface area contributed by atoms with Gasteiger partial charge in [-0.2, -0.15) is 0 Å². The maximum Gasteiger partial charge on any atom is 0.119 e. The van der Waals surface area contributed by atoms with Gasteiger partial charge in [-0.25, -0.2) is 0 Å². The quantitative estimate of drug-likeness (QED) is 0.489. The van der Waals surface area contributed by atoms with Crippen LogP contribution in [0.3, 0.4) is 0 Å². The molecule has 2 nitrogen and oxygen atoms in total. The second-order valence-corrected chi connectivity index (χ2v) is 6.14. The third-order valence-corrected chi connectivity index (χ3v) is 4.36. The maximum absolute atomic E-state index is 5.30. The molecule has 0 saturated heterocycles. The largest absolute Gasteiger partial charge is 0.497 e.